The number of halogens is 2. The molecular weight excluding hydrogens is 546 g/mol. The van der Waals surface area contributed by atoms with Gasteiger partial charge in [0.1, 0.15) is 50.1 Å². The zero-order valence-corrected chi connectivity index (χ0v) is 23.7. The van der Waals surface area contributed by atoms with Crippen molar-refractivity contribution in [2.24, 2.45) is 0 Å². The highest BCUT2D eigenvalue weighted by Crippen LogP contribution is 2.46. The standard InChI is InChI=1S/C31H29B2F2N7O/c1-2-19-21(34)9-8-18-16-22(36)38-26(23(18)19)27-24(35)25-20(17-37-27)28(41-12-4-3-5-13-41)40-29(39-25)43-31(32,33)30-10-6-14-42(30)15-7-11-30/h1,8-9,16-17H,3-7,10-15H2,(H2,36,38). The highest BCUT2D eigenvalue weighted by atomic mass is 19.1. The molecule has 43 heavy (non-hydrogen) atoms. The number of terminal acetylenes is 1. The molecule has 4 aromatic rings. The molecule has 6 heterocycles. The van der Waals surface area contributed by atoms with E-state index < -0.39 is 22.6 Å². The van der Waals surface area contributed by atoms with Crippen molar-refractivity contribution in [1.82, 2.24) is 24.8 Å². The van der Waals surface area contributed by atoms with E-state index >= 15 is 4.39 Å². The fraction of sp³-hybridized carbons (Fsp3) is 0.419. The average Bonchev–Trinajstić information content (AvgIpc) is 3.60. The molecule has 0 atom stereocenters. The van der Waals surface area contributed by atoms with E-state index in [9.17, 15) is 4.39 Å². The first kappa shape index (κ1) is 27.8. The van der Waals surface area contributed by atoms with Crippen molar-refractivity contribution in [3.8, 4) is 29.7 Å². The van der Waals surface area contributed by atoms with Gasteiger partial charge in [-0.3, -0.25) is 9.88 Å². The summed E-state index contributed by atoms with van der Waals surface area (Å²) in [4.78, 5) is 22.4. The Morgan fingerprint density at radius 2 is 1.72 bits per heavy atom. The number of ether oxygens (including phenoxy) is 1. The van der Waals surface area contributed by atoms with Crippen LogP contribution in [0.1, 0.15) is 50.5 Å². The summed E-state index contributed by atoms with van der Waals surface area (Å²) in [7, 11) is 13.4. The lowest BCUT2D eigenvalue weighted by atomic mass is 9.53. The summed E-state index contributed by atoms with van der Waals surface area (Å²) in [6, 6.07) is 4.19. The number of aromatic nitrogens is 4. The van der Waals surface area contributed by atoms with Gasteiger partial charge >= 0.3 is 6.01 Å². The molecule has 3 aliphatic heterocycles. The van der Waals surface area contributed by atoms with Crippen molar-refractivity contribution in [3.05, 3.63) is 41.6 Å². The molecule has 3 aromatic heterocycles. The first-order chi connectivity index (χ1) is 20.7. The van der Waals surface area contributed by atoms with Gasteiger partial charge in [0.25, 0.3) is 0 Å². The van der Waals surface area contributed by atoms with E-state index in [0.717, 1.165) is 71.1 Å². The molecule has 4 radical (unpaired) electrons. The van der Waals surface area contributed by atoms with Gasteiger partial charge in [-0.2, -0.15) is 9.97 Å². The van der Waals surface area contributed by atoms with Gasteiger partial charge in [0.05, 0.1) is 10.9 Å². The van der Waals surface area contributed by atoms with Gasteiger partial charge in [-0.05, 0) is 75.6 Å². The number of pyridine rings is 2. The second-order valence-corrected chi connectivity index (χ2v) is 11.7. The Hall–Kier alpha value is -3.97. The minimum Gasteiger partial charge on any atom is -0.475 e. The SMILES string of the molecule is [B]C([B])(Oc1nc(N2CCCCC2)c2cnc(-c3nc(N)cc4ccc(F)c(C#C)c34)c(F)c2n1)C12CCCN1CCC2. The lowest BCUT2D eigenvalue weighted by Crippen LogP contribution is -2.63. The van der Waals surface area contributed by atoms with Gasteiger partial charge in [-0.25, -0.2) is 13.8 Å². The van der Waals surface area contributed by atoms with E-state index in [-0.39, 0.29) is 39.7 Å². The third-order valence-corrected chi connectivity index (χ3v) is 9.27. The molecule has 1 aromatic carbocycles. The molecule has 0 saturated carbocycles. The Balaban J connectivity index is 1.42. The van der Waals surface area contributed by atoms with Gasteiger partial charge in [0, 0.05) is 35.6 Å². The van der Waals surface area contributed by atoms with Gasteiger partial charge in [-0.15, -0.1) is 6.42 Å². The third-order valence-electron chi connectivity index (χ3n) is 9.27. The number of nitrogens with zero attached hydrogens (tertiary/aromatic N) is 6. The lowest BCUT2D eigenvalue weighted by molar-refractivity contribution is 0.0507. The minimum atomic E-state index is -1.61. The molecule has 0 amide bonds. The monoisotopic (exact) mass is 575 g/mol. The number of benzene rings is 1. The molecule has 3 aliphatic rings. The fourth-order valence-electron chi connectivity index (χ4n) is 7.23. The molecular formula is C31H29B2F2N7O. The molecule has 3 saturated heterocycles. The molecule has 7 rings (SSSR count). The van der Waals surface area contributed by atoms with E-state index in [1.165, 1.54) is 18.3 Å². The topological polar surface area (TPSA) is 93.3 Å². The Kier molecular flexibility index (Phi) is 6.69. The molecule has 214 valence electrons. The smallest absolute Gasteiger partial charge is 0.318 e. The molecule has 2 N–H and O–H groups in total. The predicted molar refractivity (Wildman–Crippen MR) is 164 cm³/mol. The van der Waals surface area contributed by atoms with Crippen LogP contribution in [-0.4, -0.2) is 77.6 Å². The Bertz CT molecular complexity index is 1800. The average molecular weight is 575 g/mol. The number of hydrogen-bond acceptors (Lipinski definition) is 8. The second-order valence-electron chi connectivity index (χ2n) is 11.7. The van der Waals surface area contributed by atoms with Gasteiger partial charge in [-0.1, -0.05) is 12.0 Å². The lowest BCUT2D eigenvalue weighted by Gasteiger charge is -2.46. The van der Waals surface area contributed by atoms with Crippen LogP contribution in [0.15, 0.2) is 24.4 Å². The summed E-state index contributed by atoms with van der Waals surface area (Å²) in [5, 5.41) is -0.474. The van der Waals surface area contributed by atoms with Crippen LogP contribution in [0, 0.1) is 24.0 Å². The molecule has 0 aliphatic carbocycles. The largest absolute Gasteiger partial charge is 0.475 e. The first-order valence-electron chi connectivity index (χ1n) is 14.7. The van der Waals surface area contributed by atoms with Crippen LogP contribution in [0.2, 0.25) is 0 Å². The quantitative estimate of drug-likeness (QED) is 0.282. The van der Waals surface area contributed by atoms with Crippen molar-refractivity contribution in [3.63, 3.8) is 0 Å². The Morgan fingerprint density at radius 1 is 0.977 bits per heavy atom. The van der Waals surface area contributed by atoms with Crippen LogP contribution >= 0.6 is 0 Å². The maximum absolute atomic E-state index is 16.7. The molecule has 0 unspecified atom stereocenters. The summed E-state index contributed by atoms with van der Waals surface area (Å²) >= 11 is 0. The van der Waals surface area contributed by atoms with Crippen molar-refractivity contribution >= 4 is 49.0 Å². The highest BCUT2D eigenvalue weighted by molar-refractivity contribution is 6.40. The highest BCUT2D eigenvalue weighted by Gasteiger charge is 2.54. The van der Waals surface area contributed by atoms with Crippen LogP contribution < -0.4 is 15.4 Å². The van der Waals surface area contributed by atoms with Crippen LogP contribution in [0.25, 0.3) is 33.1 Å². The number of nitrogens with two attached hydrogens (primary N) is 1. The van der Waals surface area contributed by atoms with Crippen LogP contribution in [0.4, 0.5) is 20.4 Å². The zero-order chi connectivity index (χ0) is 29.9. The summed E-state index contributed by atoms with van der Waals surface area (Å²) < 4.78 is 37.7. The molecule has 3 fully saturated rings. The Labute approximate surface area is 251 Å². The fourth-order valence-corrected chi connectivity index (χ4v) is 7.23. The number of rotatable bonds is 5. The zero-order valence-electron chi connectivity index (χ0n) is 23.7. The van der Waals surface area contributed by atoms with E-state index in [1.54, 1.807) is 6.07 Å². The first-order valence-corrected chi connectivity index (χ1v) is 14.7. The minimum absolute atomic E-state index is 0.0147. The van der Waals surface area contributed by atoms with E-state index in [2.05, 4.69) is 30.7 Å². The van der Waals surface area contributed by atoms with E-state index in [1.807, 2.05) is 0 Å². The van der Waals surface area contributed by atoms with Gasteiger partial charge in [0.15, 0.2) is 5.82 Å². The van der Waals surface area contributed by atoms with E-state index in [0.29, 0.717) is 16.6 Å². The van der Waals surface area contributed by atoms with Gasteiger partial charge in [0.2, 0.25) is 0 Å². The van der Waals surface area contributed by atoms with Crippen LogP contribution in [-0.2, 0) is 0 Å². The third kappa shape index (κ3) is 4.39. The summed E-state index contributed by atoms with van der Waals surface area (Å²) in [6.45, 7) is 3.24. The summed E-state index contributed by atoms with van der Waals surface area (Å²) in [5.74, 6) is 1.53. The van der Waals surface area contributed by atoms with Crippen molar-refractivity contribution in [1.29, 1.82) is 0 Å². The number of nitrogen functional groups attached to an aromatic ring is 1. The molecule has 12 heteroatoms. The molecule has 0 bridgehead atoms. The Morgan fingerprint density at radius 3 is 2.44 bits per heavy atom. The summed E-state index contributed by atoms with van der Waals surface area (Å²) in [5.41, 5.74) is 5.25. The maximum atomic E-state index is 16.7. The van der Waals surface area contributed by atoms with Crippen molar-refractivity contribution in [2.75, 3.05) is 36.8 Å². The van der Waals surface area contributed by atoms with Gasteiger partial charge < -0.3 is 15.4 Å². The van der Waals surface area contributed by atoms with Crippen LogP contribution in [0.3, 0.4) is 0 Å². The second kappa shape index (κ2) is 10.3. The number of anilines is 2. The van der Waals surface area contributed by atoms with Crippen LogP contribution in [0.5, 0.6) is 6.01 Å². The van der Waals surface area contributed by atoms with E-state index in [4.69, 9.17) is 37.6 Å². The maximum Gasteiger partial charge on any atom is 0.318 e. The van der Waals surface area contributed by atoms with Crippen molar-refractivity contribution < 1.29 is 13.5 Å². The summed E-state index contributed by atoms with van der Waals surface area (Å²) in [6.07, 6.45) is 13.7. The number of fused-ring (bicyclic) bond motifs is 3. The predicted octanol–water partition coefficient (Wildman–Crippen LogP) is 4.07. The van der Waals surface area contributed by atoms with Crippen molar-refractivity contribution in [2.45, 2.75) is 55.9 Å². The number of hydrogen-bond donors (Lipinski definition) is 1. The molecule has 8 nitrogen and oxygen atoms in total. The number of piperidine rings is 1. The molecule has 0 spiro atoms. The normalized spacial score (nSPS) is 18.7.